The van der Waals surface area contributed by atoms with Gasteiger partial charge in [-0.2, -0.15) is 0 Å². The third kappa shape index (κ3) is 2.57. The first-order valence-electron chi connectivity index (χ1n) is 9.62. The van der Waals surface area contributed by atoms with Crippen LogP contribution in [-0.4, -0.2) is 23.0 Å². The normalized spacial score (nSPS) is 26.4. The van der Waals surface area contributed by atoms with Gasteiger partial charge in [0.15, 0.2) is 14.3 Å². The zero-order valence-electron chi connectivity index (χ0n) is 17.4. The molecule has 2 atom stereocenters. The van der Waals surface area contributed by atoms with Crippen LogP contribution in [0.25, 0.3) is 11.1 Å². The molecule has 0 unspecified atom stereocenters. The van der Waals surface area contributed by atoms with E-state index in [-0.39, 0.29) is 12.7 Å². The van der Waals surface area contributed by atoms with Crippen LogP contribution in [0.15, 0.2) is 36.4 Å². The van der Waals surface area contributed by atoms with Crippen LogP contribution in [0.5, 0.6) is 11.5 Å². The van der Waals surface area contributed by atoms with Gasteiger partial charge < -0.3 is 18.6 Å². The summed E-state index contributed by atoms with van der Waals surface area (Å²) in [7, 11) is -5.61. The van der Waals surface area contributed by atoms with Crippen molar-refractivity contribution < 1.29 is 18.6 Å². The van der Waals surface area contributed by atoms with E-state index in [2.05, 4.69) is 0 Å². The largest absolute Gasteiger partial charge is 0.485 e. The van der Waals surface area contributed by atoms with Gasteiger partial charge in [-0.05, 0) is 23.3 Å². The predicted molar refractivity (Wildman–Crippen MR) is 117 cm³/mol. The van der Waals surface area contributed by atoms with E-state index in [1.807, 2.05) is 77.9 Å². The Morgan fingerprint density at radius 2 is 1.04 bits per heavy atom. The molecule has 0 aliphatic carbocycles. The van der Waals surface area contributed by atoms with Gasteiger partial charge in [-0.25, -0.2) is 0 Å². The minimum atomic E-state index is -2.81. The molecule has 0 fully saturated rings. The number of rotatable bonds is 1. The summed E-state index contributed by atoms with van der Waals surface area (Å²) in [6.45, 7) is 12.0. The maximum atomic E-state index is 14.1. The molecule has 0 spiro atoms. The summed E-state index contributed by atoms with van der Waals surface area (Å²) in [5.41, 5.74) is 1.72. The van der Waals surface area contributed by atoms with Crippen molar-refractivity contribution in [2.24, 2.45) is 0 Å². The highest BCUT2D eigenvalue weighted by Gasteiger charge is 2.50. The van der Waals surface area contributed by atoms with Crippen molar-refractivity contribution in [2.75, 3.05) is 12.7 Å². The van der Waals surface area contributed by atoms with Gasteiger partial charge in [0.05, 0.1) is 10.6 Å². The molecule has 0 aromatic heterocycles. The topological polar surface area (TPSA) is 52.6 Å². The fourth-order valence-electron chi connectivity index (χ4n) is 3.97. The summed E-state index contributed by atoms with van der Waals surface area (Å²) in [5, 5.41) is 0.721. The van der Waals surface area contributed by atoms with Gasteiger partial charge in [-0.15, -0.1) is 0 Å². The molecule has 2 heterocycles. The highest BCUT2D eigenvalue weighted by molar-refractivity contribution is 7.74. The van der Waals surface area contributed by atoms with Crippen LogP contribution in [0, 0.1) is 0 Å². The quantitative estimate of drug-likeness (QED) is 0.564. The molecule has 4 nitrogen and oxygen atoms in total. The molecule has 150 valence electrons. The summed E-state index contributed by atoms with van der Waals surface area (Å²) in [6.07, 6.45) is 0.427. The molecule has 4 rings (SSSR count). The van der Waals surface area contributed by atoms with Gasteiger partial charge in [-0.3, -0.25) is 0 Å². The van der Waals surface area contributed by atoms with Crippen molar-refractivity contribution in [3.05, 3.63) is 36.4 Å². The lowest BCUT2D eigenvalue weighted by Crippen LogP contribution is -2.26. The number of benzene rings is 2. The fraction of sp³-hybridized carbons (Fsp3) is 0.455. The van der Waals surface area contributed by atoms with Gasteiger partial charge in [0.2, 0.25) is 0 Å². The Morgan fingerprint density at radius 1 is 0.679 bits per heavy atom. The minimum Gasteiger partial charge on any atom is -0.485 e. The summed E-state index contributed by atoms with van der Waals surface area (Å²) in [5.74, 6) is 1.36. The zero-order valence-corrected chi connectivity index (χ0v) is 19.2. The predicted octanol–water partition coefficient (Wildman–Crippen LogP) is 5.63. The first kappa shape index (κ1) is 19.8. The lowest BCUT2D eigenvalue weighted by atomic mass is 10.0. The Balaban J connectivity index is 2.04. The molecule has 0 saturated heterocycles. The monoisotopic (exact) mass is 418 g/mol. The Hall–Kier alpha value is -1.50. The molecular formula is C22H28O4P2. The van der Waals surface area contributed by atoms with Crippen molar-refractivity contribution in [1.82, 2.24) is 0 Å². The SMILES string of the molecule is CC(C)(C)[P@]1(=O)COc2cccc(-c3cccc4c3[P@](=O)(C(C)(C)C)CO4)c21. The van der Waals surface area contributed by atoms with Crippen molar-refractivity contribution in [1.29, 1.82) is 0 Å². The summed E-state index contributed by atoms with van der Waals surface area (Å²) >= 11 is 0. The molecule has 0 N–H and O–H groups in total. The molecule has 2 aliphatic heterocycles. The second-order valence-corrected chi connectivity index (χ2v) is 16.7. The Kier molecular flexibility index (Phi) is 4.24. The van der Waals surface area contributed by atoms with Gasteiger partial charge in [0, 0.05) is 10.3 Å². The highest BCUT2D eigenvalue weighted by Crippen LogP contribution is 2.65. The summed E-state index contributed by atoms with van der Waals surface area (Å²) in [4.78, 5) is 0. The van der Waals surface area contributed by atoms with Crippen LogP contribution in [-0.2, 0) is 9.13 Å². The fourth-order valence-corrected chi connectivity index (χ4v) is 9.14. The zero-order chi connectivity index (χ0) is 20.5. The van der Waals surface area contributed by atoms with Crippen LogP contribution < -0.4 is 20.1 Å². The summed E-state index contributed by atoms with van der Waals surface area (Å²) in [6, 6.07) is 11.6. The third-order valence-corrected chi connectivity index (χ3v) is 13.7. The van der Waals surface area contributed by atoms with Gasteiger partial charge >= 0.3 is 0 Å². The molecule has 6 heteroatoms. The van der Waals surface area contributed by atoms with E-state index in [0.29, 0.717) is 11.5 Å². The average molecular weight is 418 g/mol. The molecule has 0 bridgehead atoms. The van der Waals surface area contributed by atoms with Crippen LogP contribution in [0.3, 0.4) is 0 Å². The molecule has 2 aromatic carbocycles. The van der Waals surface area contributed by atoms with Crippen LogP contribution in [0.4, 0.5) is 0 Å². The first-order chi connectivity index (χ1) is 12.9. The Labute approximate surface area is 167 Å². The minimum absolute atomic E-state index is 0.214. The molecular weight excluding hydrogens is 390 g/mol. The summed E-state index contributed by atoms with van der Waals surface area (Å²) < 4.78 is 39.9. The van der Waals surface area contributed by atoms with E-state index < -0.39 is 24.6 Å². The number of fused-ring (bicyclic) bond motifs is 2. The van der Waals surface area contributed by atoms with Crippen molar-refractivity contribution in [3.63, 3.8) is 0 Å². The molecule has 0 amide bonds. The van der Waals surface area contributed by atoms with Crippen LogP contribution >= 0.6 is 14.3 Å². The van der Waals surface area contributed by atoms with E-state index >= 15 is 0 Å². The smallest absolute Gasteiger partial charge is 0.160 e. The van der Waals surface area contributed by atoms with Crippen LogP contribution in [0.1, 0.15) is 41.5 Å². The first-order valence-corrected chi connectivity index (χ1v) is 13.4. The molecule has 0 radical (unpaired) electrons. The van der Waals surface area contributed by atoms with Gasteiger partial charge in [0.1, 0.15) is 24.2 Å². The number of hydrogen-bond donors (Lipinski definition) is 0. The van der Waals surface area contributed by atoms with E-state index in [9.17, 15) is 9.13 Å². The molecule has 2 aromatic rings. The Morgan fingerprint density at radius 3 is 1.36 bits per heavy atom. The maximum absolute atomic E-state index is 14.1. The van der Waals surface area contributed by atoms with Gasteiger partial charge in [0.25, 0.3) is 0 Å². The van der Waals surface area contributed by atoms with E-state index in [4.69, 9.17) is 9.47 Å². The lowest BCUT2D eigenvalue weighted by Gasteiger charge is -2.30. The lowest BCUT2D eigenvalue weighted by molar-refractivity contribution is 0.389. The second-order valence-electron chi connectivity index (χ2n) is 9.67. The van der Waals surface area contributed by atoms with Crippen LogP contribution in [0.2, 0.25) is 0 Å². The molecule has 28 heavy (non-hydrogen) atoms. The van der Waals surface area contributed by atoms with Gasteiger partial charge in [-0.1, -0.05) is 65.8 Å². The number of ether oxygens (including phenoxy) is 2. The maximum Gasteiger partial charge on any atom is 0.160 e. The average Bonchev–Trinajstić information content (AvgIpc) is 3.14. The van der Waals surface area contributed by atoms with E-state index in [1.165, 1.54) is 0 Å². The van der Waals surface area contributed by atoms with E-state index in [0.717, 1.165) is 21.7 Å². The van der Waals surface area contributed by atoms with Crippen molar-refractivity contribution in [3.8, 4) is 22.6 Å². The van der Waals surface area contributed by atoms with Crippen molar-refractivity contribution >= 4 is 24.9 Å². The molecule has 0 saturated carbocycles. The van der Waals surface area contributed by atoms with Crippen molar-refractivity contribution in [2.45, 2.75) is 51.9 Å². The standard InChI is InChI=1S/C22H28O4P2/c1-21(2,3)27(23)13-25-17-11-7-9-15(19(17)27)16-10-8-12-18-20(16)28(24,14-26-18)22(4,5)6/h7-12H,13-14H2,1-6H3/t27-,28-/m0/s1. The second kappa shape index (κ2) is 6.00. The third-order valence-electron chi connectivity index (χ3n) is 5.98. The van der Waals surface area contributed by atoms with E-state index in [1.54, 1.807) is 0 Å². The molecule has 2 aliphatic rings. The Bertz CT molecular complexity index is 972. The highest BCUT2D eigenvalue weighted by atomic mass is 31.2. The number of hydrogen-bond acceptors (Lipinski definition) is 4.